The Morgan fingerprint density at radius 2 is 2.27 bits per heavy atom. The first-order valence-electron chi connectivity index (χ1n) is 7.73. The van der Waals surface area contributed by atoms with Crippen LogP contribution in [0.4, 0.5) is 5.13 Å². The standard InChI is InChI=1S/C17H17N3O4S2/c1-3-8-25-17-20-19-16(26-17)18-14(21)5-4-11-9-12(22-2)15-13(10-11)23-6-7-24-15/h3-5,9-10H,1,6-8H2,2H3,(H,18,19,21)/b5-4+. The van der Waals surface area contributed by atoms with Crippen molar-refractivity contribution in [2.24, 2.45) is 0 Å². The molecule has 0 radical (unpaired) electrons. The Bertz CT molecular complexity index is 818. The van der Waals surface area contributed by atoms with Gasteiger partial charge in [0.25, 0.3) is 0 Å². The van der Waals surface area contributed by atoms with Gasteiger partial charge in [0.15, 0.2) is 15.8 Å². The Hall–Kier alpha value is -2.52. The molecule has 7 nitrogen and oxygen atoms in total. The second-order valence-electron chi connectivity index (χ2n) is 5.04. The lowest BCUT2D eigenvalue weighted by atomic mass is 10.1. The first-order valence-corrected chi connectivity index (χ1v) is 9.53. The van der Waals surface area contributed by atoms with Gasteiger partial charge in [0, 0.05) is 11.8 Å². The summed E-state index contributed by atoms with van der Waals surface area (Å²) in [6.07, 6.45) is 4.88. The largest absolute Gasteiger partial charge is 0.493 e. The predicted molar refractivity (Wildman–Crippen MR) is 102 cm³/mol. The van der Waals surface area contributed by atoms with E-state index in [9.17, 15) is 4.79 Å². The van der Waals surface area contributed by atoms with Crippen molar-refractivity contribution in [2.75, 3.05) is 31.4 Å². The average Bonchev–Trinajstić information content (AvgIpc) is 3.11. The van der Waals surface area contributed by atoms with Crippen molar-refractivity contribution < 1.29 is 19.0 Å². The molecule has 2 heterocycles. The smallest absolute Gasteiger partial charge is 0.250 e. The van der Waals surface area contributed by atoms with Crippen LogP contribution < -0.4 is 19.5 Å². The van der Waals surface area contributed by atoms with Crippen molar-refractivity contribution >= 4 is 40.2 Å². The minimum atomic E-state index is -0.296. The molecule has 1 aliphatic rings. The summed E-state index contributed by atoms with van der Waals surface area (Å²) < 4.78 is 17.2. The first kappa shape index (κ1) is 18.3. The predicted octanol–water partition coefficient (Wildman–Crippen LogP) is 3.25. The van der Waals surface area contributed by atoms with Gasteiger partial charge in [-0.05, 0) is 23.8 Å². The van der Waals surface area contributed by atoms with Gasteiger partial charge in [0.1, 0.15) is 13.2 Å². The van der Waals surface area contributed by atoms with Crippen LogP contribution in [-0.2, 0) is 4.79 Å². The molecule has 0 fully saturated rings. The SMILES string of the molecule is C=CCSc1nnc(NC(=O)/C=C/c2cc(OC)c3c(c2)OCCO3)s1. The van der Waals surface area contributed by atoms with Gasteiger partial charge in [-0.2, -0.15) is 0 Å². The maximum atomic E-state index is 12.1. The monoisotopic (exact) mass is 391 g/mol. The number of carbonyl (C=O) groups excluding carboxylic acids is 1. The van der Waals surface area contributed by atoms with Crippen LogP contribution in [0.2, 0.25) is 0 Å². The zero-order valence-corrected chi connectivity index (χ0v) is 15.7. The molecule has 0 spiro atoms. The van der Waals surface area contributed by atoms with E-state index in [-0.39, 0.29) is 5.91 Å². The molecular weight excluding hydrogens is 374 g/mol. The summed E-state index contributed by atoms with van der Waals surface area (Å²) in [5.41, 5.74) is 0.765. The van der Waals surface area contributed by atoms with Crippen LogP contribution in [0.3, 0.4) is 0 Å². The molecule has 0 saturated heterocycles. The van der Waals surface area contributed by atoms with Gasteiger partial charge >= 0.3 is 0 Å². The van der Waals surface area contributed by atoms with E-state index in [1.54, 1.807) is 31.4 Å². The minimum Gasteiger partial charge on any atom is -0.493 e. The van der Waals surface area contributed by atoms with Crippen molar-refractivity contribution in [2.45, 2.75) is 4.34 Å². The third-order valence-electron chi connectivity index (χ3n) is 3.24. The summed E-state index contributed by atoms with van der Waals surface area (Å²) in [7, 11) is 1.56. The van der Waals surface area contributed by atoms with Crippen LogP contribution in [0.5, 0.6) is 17.2 Å². The molecule has 0 aliphatic carbocycles. The number of nitrogens with zero attached hydrogens (tertiary/aromatic N) is 2. The molecule has 1 N–H and O–H groups in total. The lowest BCUT2D eigenvalue weighted by Gasteiger charge is -2.20. The molecule has 3 rings (SSSR count). The van der Waals surface area contributed by atoms with Gasteiger partial charge in [0.2, 0.25) is 16.8 Å². The van der Waals surface area contributed by atoms with E-state index in [2.05, 4.69) is 22.1 Å². The average molecular weight is 391 g/mol. The summed E-state index contributed by atoms with van der Waals surface area (Å²) >= 11 is 2.83. The number of rotatable bonds is 7. The fourth-order valence-electron chi connectivity index (χ4n) is 2.16. The third-order valence-corrected chi connectivity index (χ3v) is 5.21. The van der Waals surface area contributed by atoms with Gasteiger partial charge in [-0.3, -0.25) is 10.1 Å². The number of nitrogens with one attached hydrogen (secondary N) is 1. The summed E-state index contributed by atoms with van der Waals surface area (Å²) in [4.78, 5) is 12.1. The number of anilines is 1. The van der Waals surface area contributed by atoms with E-state index < -0.39 is 0 Å². The van der Waals surface area contributed by atoms with Crippen LogP contribution in [0.1, 0.15) is 5.56 Å². The molecule has 0 saturated carbocycles. The number of hydrogen-bond donors (Lipinski definition) is 1. The molecule has 1 aromatic carbocycles. The van der Waals surface area contributed by atoms with Gasteiger partial charge < -0.3 is 14.2 Å². The van der Waals surface area contributed by atoms with E-state index in [4.69, 9.17) is 14.2 Å². The molecule has 9 heteroatoms. The first-order chi connectivity index (χ1) is 12.7. The summed E-state index contributed by atoms with van der Waals surface area (Å²) in [6.45, 7) is 4.62. The zero-order chi connectivity index (χ0) is 18.4. The highest BCUT2D eigenvalue weighted by Gasteiger charge is 2.17. The summed E-state index contributed by atoms with van der Waals surface area (Å²) in [5.74, 6) is 2.20. The molecular formula is C17H17N3O4S2. The Labute approximate surface area is 159 Å². The van der Waals surface area contributed by atoms with Crippen LogP contribution in [0, 0.1) is 0 Å². The highest BCUT2D eigenvalue weighted by Crippen LogP contribution is 2.40. The van der Waals surface area contributed by atoms with Crippen molar-refractivity contribution in [3.05, 3.63) is 36.4 Å². The van der Waals surface area contributed by atoms with Crippen LogP contribution in [0.25, 0.3) is 6.08 Å². The topological polar surface area (TPSA) is 82.6 Å². The molecule has 1 amide bonds. The molecule has 2 aromatic rings. The number of carbonyl (C=O) groups is 1. The second kappa shape index (κ2) is 8.72. The van der Waals surface area contributed by atoms with Gasteiger partial charge in [-0.1, -0.05) is 29.2 Å². The number of thioether (sulfide) groups is 1. The molecule has 136 valence electrons. The van der Waals surface area contributed by atoms with E-state index in [1.807, 2.05) is 0 Å². The molecule has 1 aromatic heterocycles. The Morgan fingerprint density at radius 1 is 1.42 bits per heavy atom. The highest BCUT2D eigenvalue weighted by molar-refractivity contribution is 8.01. The number of hydrogen-bond acceptors (Lipinski definition) is 8. The Kier molecular flexibility index (Phi) is 6.13. The third kappa shape index (κ3) is 4.55. The Morgan fingerprint density at radius 3 is 3.08 bits per heavy atom. The Balaban J connectivity index is 1.66. The fraction of sp³-hybridized carbons (Fsp3) is 0.235. The van der Waals surface area contributed by atoms with Crippen LogP contribution in [-0.4, -0.2) is 42.2 Å². The van der Waals surface area contributed by atoms with Gasteiger partial charge in [-0.15, -0.1) is 16.8 Å². The number of aromatic nitrogens is 2. The second-order valence-corrected chi connectivity index (χ2v) is 7.29. The number of methoxy groups -OCH3 is 1. The highest BCUT2D eigenvalue weighted by atomic mass is 32.2. The molecule has 0 atom stereocenters. The van der Waals surface area contributed by atoms with E-state index in [0.29, 0.717) is 35.6 Å². The normalized spacial score (nSPS) is 12.8. The van der Waals surface area contributed by atoms with Gasteiger partial charge in [-0.25, -0.2) is 0 Å². The molecule has 0 bridgehead atoms. The van der Waals surface area contributed by atoms with E-state index in [1.165, 1.54) is 29.2 Å². The fourth-order valence-corrected chi connectivity index (χ4v) is 3.67. The number of amides is 1. The lowest BCUT2D eigenvalue weighted by Crippen LogP contribution is -2.16. The van der Waals surface area contributed by atoms with E-state index in [0.717, 1.165) is 15.7 Å². The van der Waals surface area contributed by atoms with Crippen molar-refractivity contribution in [3.63, 3.8) is 0 Å². The van der Waals surface area contributed by atoms with Crippen LogP contribution in [0.15, 0.2) is 35.2 Å². The molecule has 26 heavy (non-hydrogen) atoms. The quantitative estimate of drug-likeness (QED) is 0.336. The minimum absolute atomic E-state index is 0.296. The molecule has 1 aliphatic heterocycles. The van der Waals surface area contributed by atoms with Crippen molar-refractivity contribution in [3.8, 4) is 17.2 Å². The van der Waals surface area contributed by atoms with Crippen molar-refractivity contribution in [1.29, 1.82) is 0 Å². The van der Waals surface area contributed by atoms with Gasteiger partial charge in [0.05, 0.1) is 7.11 Å². The summed E-state index contributed by atoms with van der Waals surface area (Å²) in [5, 5.41) is 11.1. The lowest BCUT2D eigenvalue weighted by molar-refractivity contribution is -0.111. The number of fused-ring (bicyclic) bond motifs is 1. The zero-order valence-electron chi connectivity index (χ0n) is 14.1. The van der Waals surface area contributed by atoms with E-state index >= 15 is 0 Å². The maximum Gasteiger partial charge on any atom is 0.250 e. The molecule has 0 unspecified atom stereocenters. The van der Waals surface area contributed by atoms with Crippen LogP contribution >= 0.6 is 23.1 Å². The van der Waals surface area contributed by atoms with Crippen molar-refractivity contribution in [1.82, 2.24) is 10.2 Å². The number of benzene rings is 1. The number of ether oxygens (including phenoxy) is 3. The maximum absolute atomic E-state index is 12.1. The summed E-state index contributed by atoms with van der Waals surface area (Å²) in [6, 6.07) is 3.59.